The minimum absolute atomic E-state index is 0.574. The summed E-state index contributed by atoms with van der Waals surface area (Å²) in [6.07, 6.45) is 0. The van der Waals surface area contributed by atoms with Gasteiger partial charge in [0.2, 0.25) is 0 Å². The van der Waals surface area contributed by atoms with Crippen molar-refractivity contribution in [1.29, 1.82) is 0 Å². The first-order valence-electron chi connectivity index (χ1n) is 15.8. The van der Waals surface area contributed by atoms with Gasteiger partial charge in [0.25, 0.3) is 0 Å². The van der Waals surface area contributed by atoms with E-state index >= 15 is 0 Å². The fourth-order valence-electron chi connectivity index (χ4n) is 6.97. The van der Waals surface area contributed by atoms with Crippen LogP contribution in [0.2, 0.25) is 0 Å². The van der Waals surface area contributed by atoms with Gasteiger partial charge in [-0.1, -0.05) is 121 Å². The van der Waals surface area contributed by atoms with Crippen molar-refractivity contribution in [1.82, 2.24) is 15.0 Å². The third-order valence-corrected chi connectivity index (χ3v) is 9.26. The summed E-state index contributed by atoms with van der Waals surface area (Å²) in [5.74, 6) is 1.82. The van der Waals surface area contributed by atoms with Gasteiger partial charge < -0.3 is 4.42 Å². The Kier molecular flexibility index (Phi) is 5.54. The van der Waals surface area contributed by atoms with Gasteiger partial charge in [-0.3, -0.25) is 0 Å². The molecule has 10 rings (SSSR count). The second-order valence-corrected chi connectivity index (χ2v) is 12.0. The standard InChI is InChI=1S/C43H25N3O/c1-2-11-27-22-31(21-20-26(27)10-1)41-44-42(36-19-9-18-35-37-23-28-12-3-4-13-29(28)25-39(37)47-40(35)36)46-43(45-41)38-24-30-14-5-6-15-32(30)33-16-7-8-17-34(33)38/h1-25H. The molecule has 0 aliphatic heterocycles. The first-order chi connectivity index (χ1) is 23.3. The van der Waals surface area contributed by atoms with E-state index in [9.17, 15) is 0 Å². The van der Waals surface area contributed by atoms with Crippen LogP contribution in [-0.4, -0.2) is 15.0 Å². The number of hydrogen-bond donors (Lipinski definition) is 0. The van der Waals surface area contributed by atoms with Crippen LogP contribution >= 0.6 is 0 Å². The molecule has 0 saturated carbocycles. The van der Waals surface area contributed by atoms with Crippen molar-refractivity contribution in [3.05, 3.63) is 152 Å². The summed E-state index contributed by atoms with van der Waals surface area (Å²) in [5.41, 5.74) is 4.34. The van der Waals surface area contributed by atoms with Gasteiger partial charge in [-0.05, 0) is 73.4 Å². The Morgan fingerprint density at radius 1 is 0.340 bits per heavy atom. The van der Waals surface area contributed by atoms with Gasteiger partial charge in [0.05, 0.1) is 5.56 Å². The highest BCUT2D eigenvalue weighted by atomic mass is 16.3. The summed E-state index contributed by atoms with van der Waals surface area (Å²) < 4.78 is 6.62. The molecule has 0 atom stereocenters. The van der Waals surface area contributed by atoms with Gasteiger partial charge in [0.1, 0.15) is 11.2 Å². The molecule has 0 unspecified atom stereocenters. The number of benzene rings is 8. The molecule has 0 N–H and O–H groups in total. The van der Waals surface area contributed by atoms with E-state index in [1.807, 2.05) is 6.07 Å². The molecular formula is C43H25N3O. The largest absolute Gasteiger partial charge is 0.455 e. The smallest absolute Gasteiger partial charge is 0.167 e. The fraction of sp³-hybridized carbons (Fsp3) is 0. The summed E-state index contributed by atoms with van der Waals surface area (Å²) in [6.45, 7) is 0. The molecule has 0 fully saturated rings. The van der Waals surface area contributed by atoms with Crippen molar-refractivity contribution >= 4 is 65.0 Å². The summed E-state index contributed by atoms with van der Waals surface area (Å²) in [7, 11) is 0. The Hall–Kier alpha value is -6.39. The highest BCUT2D eigenvalue weighted by Crippen LogP contribution is 2.39. The molecule has 2 heterocycles. The summed E-state index contributed by atoms with van der Waals surface area (Å²) in [4.78, 5) is 15.5. The van der Waals surface area contributed by atoms with E-state index in [-0.39, 0.29) is 0 Å². The zero-order chi connectivity index (χ0) is 30.9. The van der Waals surface area contributed by atoms with E-state index in [4.69, 9.17) is 19.4 Å². The maximum absolute atomic E-state index is 6.62. The van der Waals surface area contributed by atoms with Crippen molar-refractivity contribution in [2.75, 3.05) is 0 Å². The lowest BCUT2D eigenvalue weighted by atomic mass is 9.97. The molecule has 4 nitrogen and oxygen atoms in total. The van der Waals surface area contributed by atoms with Crippen LogP contribution in [0.4, 0.5) is 0 Å². The van der Waals surface area contributed by atoms with Crippen molar-refractivity contribution in [2.45, 2.75) is 0 Å². The molecule has 0 aliphatic rings. The van der Waals surface area contributed by atoms with Crippen LogP contribution < -0.4 is 0 Å². The average Bonchev–Trinajstić information content (AvgIpc) is 3.50. The Labute approximate surface area is 269 Å². The van der Waals surface area contributed by atoms with Crippen LogP contribution in [0.15, 0.2) is 156 Å². The molecule has 0 radical (unpaired) electrons. The maximum atomic E-state index is 6.62. The molecule has 2 aromatic heterocycles. The van der Waals surface area contributed by atoms with Crippen LogP contribution in [0.25, 0.3) is 99.2 Å². The van der Waals surface area contributed by atoms with E-state index in [2.05, 4.69) is 146 Å². The second-order valence-electron chi connectivity index (χ2n) is 12.0. The van der Waals surface area contributed by atoms with Gasteiger partial charge in [-0.15, -0.1) is 0 Å². The fourth-order valence-corrected chi connectivity index (χ4v) is 6.97. The molecule has 4 heteroatoms. The Bertz CT molecular complexity index is 2870. The monoisotopic (exact) mass is 599 g/mol. The number of hydrogen-bond acceptors (Lipinski definition) is 4. The van der Waals surface area contributed by atoms with Gasteiger partial charge in [-0.2, -0.15) is 0 Å². The van der Waals surface area contributed by atoms with Gasteiger partial charge in [0.15, 0.2) is 17.5 Å². The predicted molar refractivity (Wildman–Crippen MR) is 193 cm³/mol. The average molecular weight is 600 g/mol. The molecule has 10 aromatic rings. The third kappa shape index (κ3) is 4.12. The predicted octanol–water partition coefficient (Wildman–Crippen LogP) is 11.4. The van der Waals surface area contributed by atoms with Crippen LogP contribution in [0.3, 0.4) is 0 Å². The quantitative estimate of drug-likeness (QED) is 0.190. The number of nitrogens with zero attached hydrogens (tertiary/aromatic N) is 3. The molecule has 0 amide bonds. The van der Waals surface area contributed by atoms with Gasteiger partial charge in [-0.25, -0.2) is 15.0 Å². The van der Waals surface area contributed by atoms with Crippen LogP contribution in [0.1, 0.15) is 0 Å². The minimum Gasteiger partial charge on any atom is -0.455 e. The molecule has 0 saturated heterocycles. The van der Waals surface area contributed by atoms with Crippen molar-refractivity contribution < 1.29 is 4.42 Å². The highest BCUT2D eigenvalue weighted by molar-refractivity contribution is 6.14. The van der Waals surface area contributed by atoms with Crippen molar-refractivity contribution in [2.24, 2.45) is 0 Å². The van der Waals surface area contributed by atoms with Crippen molar-refractivity contribution in [3.63, 3.8) is 0 Å². The lowest BCUT2D eigenvalue weighted by molar-refractivity contribution is 0.670. The van der Waals surface area contributed by atoms with E-state index in [1.165, 1.54) is 21.5 Å². The molecule has 8 aromatic carbocycles. The number of rotatable bonds is 3. The lowest BCUT2D eigenvalue weighted by Gasteiger charge is -2.13. The van der Waals surface area contributed by atoms with Crippen LogP contribution in [0, 0.1) is 0 Å². The number of para-hydroxylation sites is 1. The maximum Gasteiger partial charge on any atom is 0.167 e. The summed E-state index contributed by atoms with van der Waals surface area (Å²) in [6, 6.07) is 52.8. The number of aromatic nitrogens is 3. The third-order valence-electron chi connectivity index (χ3n) is 9.26. The molecule has 218 valence electrons. The Morgan fingerprint density at radius 2 is 0.936 bits per heavy atom. The second kappa shape index (κ2) is 10.1. The van der Waals surface area contributed by atoms with E-state index in [0.29, 0.717) is 17.5 Å². The molecule has 0 aliphatic carbocycles. The number of furan rings is 1. The van der Waals surface area contributed by atoms with Crippen LogP contribution in [0.5, 0.6) is 0 Å². The number of fused-ring (bicyclic) bond motifs is 8. The SMILES string of the molecule is c1ccc2cc(-c3nc(-c4cc5ccccc5c5ccccc45)nc(-c4cccc5c4oc4cc6ccccc6cc45)n3)ccc2c1. The molecule has 0 spiro atoms. The van der Waals surface area contributed by atoms with E-state index < -0.39 is 0 Å². The van der Waals surface area contributed by atoms with Gasteiger partial charge >= 0.3 is 0 Å². The van der Waals surface area contributed by atoms with Crippen LogP contribution in [-0.2, 0) is 0 Å². The molecule has 47 heavy (non-hydrogen) atoms. The van der Waals surface area contributed by atoms with Crippen molar-refractivity contribution in [3.8, 4) is 34.2 Å². The molecular weight excluding hydrogens is 574 g/mol. The lowest BCUT2D eigenvalue weighted by Crippen LogP contribution is -2.01. The van der Waals surface area contributed by atoms with E-state index in [1.54, 1.807) is 0 Å². The Morgan fingerprint density at radius 3 is 1.74 bits per heavy atom. The highest BCUT2D eigenvalue weighted by Gasteiger charge is 2.19. The molecule has 0 bridgehead atoms. The summed E-state index contributed by atoms with van der Waals surface area (Å²) >= 11 is 0. The zero-order valence-corrected chi connectivity index (χ0v) is 25.2. The zero-order valence-electron chi connectivity index (χ0n) is 25.2. The summed E-state index contributed by atoms with van der Waals surface area (Å²) in [5, 5.41) is 11.3. The Balaban J connectivity index is 1.27. The van der Waals surface area contributed by atoms with Gasteiger partial charge in [0, 0.05) is 21.9 Å². The first kappa shape index (κ1) is 25.9. The first-order valence-corrected chi connectivity index (χ1v) is 15.8. The minimum atomic E-state index is 0.574. The normalized spacial score (nSPS) is 11.8. The topological polar surface area (TPSA) is 51.8 Å². The van der Waals surface area contributed by atoms with E-state index in [0.717, 1.165) is 60.2 Å².